The van der Waals surface area contributed by atoms with E-state index in [-0.39, 0.29) is 5.54 Å². The van der Waals surface area contributed by atoms with Crippen molar-refractivity contribution in [3.8, 4) is 6.07 Å². The Balaban J connectivity index is 1.50. The first kappa shape index (κ1) is 14.3. The average Bonchev–Trinajstić information content (AvgIpc) is 3.15. The van der Waals surface area contributed by atoms with Crippen LogP contribution in [0.3, 0.4) is 0 Å². The number of nitrogens with zero attached hydrogens (tertiary/aromatic N) is 3. The summed E-state index contributed by atoms with van der Waals surface area (Å²) in [7, 11) is 0. The number of likely N-dealkylation sites (tertiary alicyclic amines) is 2. The van der Waals surface area contributed by atoms with Gasteiger partial charge in [0.15, 0.2) is 0 Å². The first-order valence-electron chi connectivity index (χ1n) is 8.34. The van der Waals surface area contributed by atoms with Crippen LogP contribution in [0.5, 0.6) is 0 Å². The molecule has 4 nitrogen and oxygen atoms in total. The number of nitrogens with one attached hydrogen (secondary N) is 1. The maximum atomic E-state index is 9.49. The van der Waals surface area contributed by atoms with Crippen LogP contribution in [0.25, 0.3) is 0 Å². The molecule has 0 aromatic carbocycles. The number of nitriles is 1. The van der Waals surface area contributed by atoms with Crippen LogP contribution in [0.2, 0.25) is 0 Å². The van der Waals surface area contributed by atoms with Gasteiger partial charge in [0.2, 0.25) is 0 Å². The summed E-state index contributed by atoms with van der Waals surface area (Å²) in [6.07, 6.45) is 7.92. The van der Waals surface area contributed by atoms with Crippen LogP contribution in [0, 0.1) is 11.3 Å². The molecule has 0 radical (unpaired) electrons. The third-order valence-corrected chi connectivity index (χ3v) is 5.04. The Hall–Kier alpha value is -0.630. The van der Waals surface area contributed by atoms with Gasteiger partial charge in [0, 0.05) is 25.2 Å². The predicted molar refractivity (Wildman–Crippen MR) is 80.4 cm³/mol. The fourth-order valence-corrected chi connectivity index (χ4v) is 3.78. The molecule has 3 fully saturated rings. The van der Waals surface area contributed by atoms with E-state index in [9.17, 15) is 5.26 Å². The number of hydrogen-bond donors (Lipinski definition) is 1. The van der Waals surface area contributed by atoms with Gasteiger partial charge in [0.1, 0.15) is 5.54 Å². The lowest BCUT2D eigenvalue weighted by Gasteiger charge is -2.33. The standard InChI is InChI=1S/C16H28N4/c1-16(12-17,18-14-5-6-14)13-19-10-7-15(11-19)20-8-3-2-4-9-20/h14-15,18H,2-11,13H2,1H3. The van der Waals surface area contributed by atoms with Gasteiger partial charge in [-0.25, -0.2) is 0 Å². The summed E-state index contributed by atoms with van der Waals surface area (Å²) in [6.45, 7) is 7.83. The summed E-state index contributed by atoms with van der Waals surface area (Å²) in [5, 5.41) is 13.0. The van der Waals surface area contributed by atoms with Crippen molar-refractivity contribution in [1.82, 2.24) is 15.1 Å². The highest BCUT2D eigenvalue weighted by molar-refractivity contribution is 5.09. The van der Waals surface area contributed by atoms with E-state index in [1.165, 1.54) is 51.6 Å². The lowest BCUT2D eigenvalue weighted by molar-refractivity contribution is 0.157. The van der Waals surface area contributed by atoms with Gasteiger partial charge in [0.25, 0.3) is 0 Å². The molecule has 0 bridgehead atoms. The van der Waals surface area contributed by atoms with Crippen LogP contribution in [-0.2, 0) is 0 Å². The Morgan fingerprint density at radius 1 is 1.15 bits per heavy atom. The summed E-state index contributed by atoms with van der Waals surface area (Å²) in [5.74, 6) is 0. The van der Waals surface area contributed by atoms with E-state index in [4.69, 9.17) is 0 Å². The maximum absolute atomic E-state index is 9.49. The second-order valence-corrected chi connectivity index (χ2v) is 7.14. The summed E-state index contributed by atoms with van der Waals surface area (Å²) in [6, 6.07) is 3.84. The third kappa shape index (κ3) is 3.52. The van der Waals surface area contributed by atoms with E-state index >= 15 is 0 Å². The molecule has 2 heterocycles. The van der Waals surface area contributed by atoms with Crippen molar-refractivity contribution in [1.29, 1.82) is 5.26 Å². The largest absolute Gasteiger partial charge is 0.299 e. The molecule has 2 atom stereocenters. The van der Waals surface area contributed by atoms with E-state index in [0.717, 1.165) is 25.7 Å². The minimum Gasteiger partial charge on any atom is -0.299 e. The molecule has 1 N–H and O–H groups in total. The predicted octanol–water partition coefficient (Wildman–Crippen LogP) is 1.58. The summed E-state index contributed by atoms with van der Waals surface area (Å²) < 4.78 is 0. The molecule has 0 aromatic heterocycles. The van der Waals surface area contributed by atoms with Gasteiger partial charge >= 0.3 is 0 Å². The first-order valence-corrected chi connectivity index (χ1v) is 8.34. The molecule has 20 heavy (non-hydrogen) atoms. The van der Waals surface area contributed by atoms with Crippen molar-refractivity contribution in [3.05, 3.63) is 0 Å². The van der Waals surface area contributed by atoms with Gasteiger partial charge in [-0.2, -0.15) is 5.26 Å². The molecule has 0 aromatic rings. The van der Waals surface area contributed by atoms with Crippen molar-refractivity contribution in [2.24, 2.45) is 0 Å². The fourth-order valence-electron chi connectivity index (χ4n) is 3.78. The molecule has 2 aliphatic heterocycles. The Morgan fingerprint density at radius 3 is 2.55 bits per heavy atom. The van der Waals surface area contributed by atoms with Gasteiger partial charge in [-0.3, -0.25) is 15.1 Å². The molecule has 0 amide bonds. The summed E-state index contributed by atoms with van der Waals surface area (Å²) in [4.78, 5) is 5.18. The summed E-state index contributed by atoms with van der Waals surface area (Å²) in [5.41, 5.74) is -0.363. The molecular weight excluding hydrogens is 248 g/mol. The van der Waals surface area contributed by atoms with E-state index in [1.807, 2.05) is 0 Å². The van der Waals surface area contributed by atoms with Gasteiger partial charge < -0.3 is 0 Å². The van der Waals surface area contributed by atoms with Crippen molar-refractivity contribution in [3.63, 3.8) is 0 Å². The fraction of sp³-hybridized carbons (Fsp3) is 0.938. The lowest BCUT2D eigenvalue weighted by atomic mass is 10.0. The molecule has 3 aliphatic rings. The van der Waals surface area contributed by atoms with E-state index in [2.05, 4.69) is 28.1 Å². The average molecular weight is 276 g/mol. The van der Waals surface area contributed by atoms with Gasteiger partial charge in [-0.1, -0.05) is 6.42 Å². The maximum Gasteiger partial charge on any atom is 0.116 e. The molecule has 1 aliphatic carbocycles. The van der Waals surface area contributed by atoms with Crippen LogP contribution >= 0.6 is 0 Å². The topological polar surface area (TPSA) is 42.3 Å². The molecule has 4 heteroatoms. The third-order valence-electron chi connectivity index (χ3n) is 5.04. The van der Waals surface area contributed by atoms with Crippen molar-refractivity contribution < 1.29 is 0 Å². The smallest absolute Gasteiger partial charge is 0.116 e. The van der Waals surface area contributed by atoms with Crippen molar-refractivity contribution in [2.45, 2.75) is 63.1 Å². The van der Waals surface area contributed by atoms with Gasteiger partial charge in [-0.05, 0) is 58.7 Å². The van der Waals surface area contributed by atoms with Crippen molar-refractivity contribution in [2.75, 3.05) is 32.7 Å². The number of hydrogen-bond acceptors (Lipinski definition) is 4. The van der Waals surface area contributed by atoms with Gasteiger partial charge in [0.05, 0.1) is 6.07 Å². The molecular formula is C16H28N4. The van der Waals surface area contributed by atoms with Crippen LogP contribution in [-0.4, -0.2) is 60.1 Å². The highest BCUT2D eigenvalue weighted by Crippen LogP contribution is 2.25. The Morgan fingerprint density at radius 2 is 1.90 bits per heavy atom. The zero-order valence-electron chi connectivity index (χ0n) is 12.8. The Kier molecular flexibility index (Phi) is 4.30. The lowest BCUT2D eigenvalue weighted by Crippen LogP contribution is -2.51. The van der Waals surface area contributed by atoms with Crippen LogP contribution in [0.4, 0.5) is 0 Å². The zero-order chi connectivity index (χ0) is 14.0. The normalized spacial score (nSPS) is 31.9. The van der Waals surface area contributed by atoms with Crippen molar-refractivity contribution >= 4 is 0 Å². The van der Waals surface area contributed by atoms with E-state index in [1.54, 1.807) is 0 Å². The quantitative estimate of drug-likeness (QED) is 0.828. The number of rotatable bonds is 5. The molecule has 112 valence electrons. The second kappa shape index (κ2) is 6.01. The molecule has 1 saturated carbocycles. The minimum absolute atomic E-state index is 0.363. The highest BCUT2D eigenvalue weighted by atomic mass is 15.3. The Bertz CT molecular complexity index is 367. The molecule has 3 rings (SSSR count). The highest BCUT2D eigenvalue weighted by Gasteiger charge is 2.36. The Labute approximate surface area is 123 Å². The van der Waals surface area contributed by atoms with Crippen LogP contribution in [0.15, 0.2) is 0 Å². The van der Waals surface area contributed by atoms with Crippen LogP contribution < -0.4 is 5.32 Å². The number of piperidine rings is 1. The first-order chi connectivity index (χ1) is 9.68. The minimum atomic E-state index is -0.363. The summed E-state index contributed by atoms with van der Waals surface area (Å²) >= 11 is 0. The van der Waals surface area contributed by atoms with E-state index in [0.29, 0.717) is 6.04 Å². The molecule has 0 spiro atoms. The molecule has 2 unspecified atom stereocenters. The second-order valence-electron chi connectivity index (χ2n) is 7.14. The van der Waals surface area contributed by atoms with Gasteiger partial charge in [-0.15, -0.1) is 0 Å². The van der Waals surface area contributed by atoms with Crippen LogP contribution in [0.1, 0.15) is 45.4 Å². The van der Waals surface area contributed by atoms with E-state index < -0.39 is 0 Å². The molecule has 2 saturated heterocycles. The zero-order valence-corrected chi connectivity index (χ0v) is 12.8. The monoisotopic (exact) mass is 276 g/mol. The SMILES string of the molecule is CC(C#N)(CN1CCC(N2CCCCC2)C1)NC1CC1.